The Morgan fingerprint density at radius 1 is 1.04 bits per heavy atom. The van der Waals surface area contributed by atoms with Crippen molar-refractivity contribution in [2.45, 2.75) is 58.3 Å². The van der Waals surface area contributed by atoms with Crippen LogP contribution < -0.4 is 4.83 Å². The predicted octanol–water partition coefficient (Wildman–Crippen LogP) is 4.56. The van der Waals surface area contributed by atoms with E-state index in [1.54, 1.807) is 6.21 Å². The summed E-state index contributed by atoms with van der Waals surface area (Å²) in [6.07, 6.45) is 12.4. The van der Waals surface area contributed by atoms with Gasteiger partial charge in [0.1, 0.15) is 0 Å². The summed E-state index contributed by atoms with van der Waals surface area (Å²) >= 11 is 0. The molecule has 6 heteroatoms. The monoisotopic (exact) mass is 363 g/mol. The molecule has 1 heterocycles. The van der Waals surface area contributed by atoms with Gasteiger partial charge in [0.15, 0.2) is 0 Å². The smallest absolute Gasteiger partial charge is 0.247 e. The van der Waals surface area contributed by atoms with Crippen LogP contribution >= 0.6 is 0 Å². The first-order valence-corrected chi connectivity index (χ1v) is 10.9. The Morgan fingerprint density at radius 2 is 1.72 bits per heavy atom. The van der Waals surface area contributed by atoms with Gasteiger partial charge in [-0.3, -0.25) is 0 Å². The zero-order valence-corrected chi connectivity index (χ0v) is 15.8. The molecule has 0 bridgehead atoms. The number of unbranched alkanes of at least 4 members (excludes halogenated alkanes) is 7. The summed E-state index contributed by atoms with van der Waals surface area (Å²) < 4.78 is 23.9. The molecule has 1 aromatic heterocycles. The van der Waals surface area contributed by atoms with Crippen LogP contribution in [0.25, 0.3) is 10.9 Å². The molecule has 0 aliphatic carbocycles. The third-order valence-electron chi connectivity index (χ3n) is 4.28. The molecule has 0 radical (unpaired) electrons. The van der Waals surface area contributed by atoms with E-state index >= 15 is 0 Å². The second-order valence-corrected chi connectivity index (χ2v) is 8.25. The summed E-state index contributed by atoms with van der Waals surface area (Å²) in [5.41, 5.74) is 1.87. The Labute approximate surface area is 151 Å². The molecule has 2 N–H and O–H groups in total. The highest BCUT2D eigenvalue weighted by Gasteiger charge is 2.08. The van der Waals surface area contributed by atoms with Crippen LogP contribution in [0.15, 0.2) is 35.6 Å². The number of para-hydroxylation sites is 1. The molecule has 2 rings (SSSR count). The van der Waals surface area contributed by atoms with Gasteiger partial charge in [0.25, 0.3) is 0 Å². The highest BCUT2D eigenvalue weighted by molar-refractivity contribution is 7.89. The van der Waals surface area contributed by atoms with E-state index in [0.29, 0.717) is 6.42 Å². The largest absolute Gasteiger partial charge is 0.361 e. The van der Waals surface area contributed by atoms with Crippen molar-refractivity contribution >= 4 is 27.1 Å². The minimum atomic E-state index is -3.35. The number of nitrogens with zero attached hydrogens (tertiary/aromatic N) is 1. The number of rotatable bonds is 12. The Kier molecular flexibility index (Phi) is 7.98. The van der Waals surface area contributed by atoms with Crippen molar-refractivity contribution in [1.29, 1.82) is 0 Å². The normalized spacial score (nSPS) is 12.2. The summed E-state index contributed by atoms with van der Waals surface area (Å²) in [6.45, 7) is 2.21. The van der Waals surface area contributed by atoms with Gasteiger partial charge in [-0.05, 0) is 12.5 Å². The molecular weight excluding hydrogens is 334 g/mol. The van der Waals surface area contributed by atoms with Crippen LogP contribution in [0.3, 0.4) is 0 Å². The molecule has 0 aliphatic heterocycles. The van der Waals surface area contributed by atoms with Gasteiger partial charge in [0, 0.05) is 22.7 Å². The lowest BCUT2D eigenvalue weighted by molar-refractivity contribution is 0.566. The number of hydrogen-bond donors (Lipinski definition) is 2. The summed E-state index contributed by atoms with van der Waals surface area (Å²) in [4.78, 5) is 5.44. The minimum Gasteiger partial charge on any atom is -0.361 e. The molecule has 25 heavy (non-hydrogen) atoms. The lowest BCUT2D eigenvalue weighted by Gasteiger charge is -2.03. The lowest BCUT2D eigenvalue weighted by atomic mass is 10.1. The van der Waals surface area contributed by atoms with Gasteiger partial charge in [-0.15, -0.1) is 0 Å². The predicted molar refractivity (Wildman–Crippen MR) is 105 cm³/mol. The van der Waals surface area contributed by atoms with Crippen LogP contribution in [-0.4, -0.2) is 25.4 Å². The number of benzene rings is 1. The third-order valence-corrected chi connectivity index (χ3v) is 5.49. The van der Waals surface area contributed by atoms with Crippen LogP contribution in [0.1, 0.15) is 63.9 Å². The number of sulfonamides is 1. The molecule has 138 valence electrons. The van der Waals surface area contributed by atoms with E-state index in [9.17, 15) is 8.42 Å². The molecule has 0 atom stereocenters. The van der Waals surface area contributed by atoms with Gasteiger partial charge in [0.2, 0.25) is 10.0 Å². The van der Waals surface area contributed by atoms with Crippen LogP contribution in [0, 0.1) is 0 Å². The SMILES string of the molecule is CCCCCCCCCCS(=O)(=O)N/N=C\c1c[nH]c2ccccc12. The molecule has 0 aliphatic rings. The van der Waals surface area contributed by atoms with Crippen molar-refractivity contribution in [3.8, 4) is 0 Å². The molecule has 1 aromatic carbocycles. The summed E-state index contributed by atoms with van der Waals surface area (Å²) in [6, 6.07) is 7.84. The van der Waals surface area contributed by atoms with Crippen LogP contribution in [0.5, 0.6) is 0 Å². The van der Waals surface area contributed by atoms with E-state index in [4.69, 9.17) is 0 Å². The topological polar surface area (TPSA) is 74.3 Å². The van der Waals surface area contributed by atoms with Crippen LogP contribution in [0.2, 0.25) is 0 Å². The van der Waals surface area contributed by atoms with Crippen molar-refractivity contribution in [3.63, 3.8) is 0 Å². The first kappa shape index (κ1) is 19.5. The van der Waals surface area contributed by atoms with Gasteiger partial charge in [0.05, 0.1) is 12.0 Å². The number of fused-ring (bicyclic) bond motifs is 1. The minimum absolute atomic E-state index is 0.132. The Bertz CT molecular complexity index is 766. The van der Waals surface area contributed by atoms with Gasteiger partial charge < -0.3 is 4.98 Å². The average Bonchev–Trinajstić information content (AvgIpc) is 3.00. The summed E-state index contributed by atoms with van der Waals surface area (Å²) in [7, 11) is -3.35. The highest BCUT2D eigenvalue weighted by Crippen LogP contribution is 2.15. The number of aromatic nitrogens is 1. The Hall–Kier alpha value is -1.82. The van der Waals surface area contributed by atoms with E-state index in [1.165, 1.54) is 32.1 Å². The molecular formula is C19H29N3O2S. The van der Waals surface area contributed by atoms with Gasteiger partial charge in [-0.2, -0.15) is 5.10 Å². The molecule has 0 unspecified atom stereocenters. The maximum atomic E-state index is 12.0. The van der Waals surface area contributed by atoms with Crippen LogP contribution in [-0.2, 0) is 10.0 Å². The number of hydrogen-bond acceptors (Lipinski definition) is 3. The second-order valence-electron chi connectivity index (χ2n) is 6.43. The Morgan fingerprint density at radius 3 is 2.48 bits per heavy atom. The molecule has 2 aromatic rings. The number of nitrogens with one attached hydrogen (secondary N) is 2. The molecule has 5 nitrogen and oxygen atoms in total. The number of aromatic amines is 1. The zero-order valence-electron chi connectivity index (χ0n) is 15.0. The second kappa shape index (κ2) is 10.2. The summed E-state index contributed by atoms with van der Waals surface area (Å²) in [5, 5.41) is 4.92. The van der Waals surface area contributed by atoms with E-state index in [-0.39, 0.29) is 5.75 Å². The molecule has 0 spiro atoms. The van der Waals surface area contributed by atoms with Gasteiger partial charge in [-0.1, -0.05) is 70.1 Å². The fraction of sp³-hybridized carbons (Fsp3) is 0.526. The van der Waals surface area contributed by atoms with Gasteiger partial charge >= 0.3 is 0 Å². The van der Waals surface area contributed by atoms with E-state index in [0.717, 1.165) is 29.3 Å². The first-order valence-electron chi connectivity index (χ1n) is 9.21. The Balaban J connectivity index is 1.69. The van der Waals surface area contributed by atoms with Crippen molar-refractivity contribution in [3.05, 3.63) is 36.0 Å². The van der Waals surface area contributed by atoms with E-state index in [2.05, 4.69) is 21.8 Å². The average molecular weight is 364 g/mol. The number of H-pyrrole nitrogens is 1. The zero-order chi connectivity index (χ0) is 18.0. The fourth-order valence-electron chi connectivity index (χ4n) is 2.85. The highest BCUT2D eigenvalue weighted by atomic mass is 32.2. The quantitative estimate of drug-likeness (QED) is 0.329. The van der Waals surface area contributed by atoms with Crippen molar-refractivity contribution in [1.82, 2.24) is 9.82 Å². The van der Waals surface area contributed by atoms with Crippen molar-refractivity contribution in [2.24, 2.45) is 5.10 Å². The van der Waals surface area contributed by atoms with Crippen LogP contribution in [0.4, 0.5) is 0 Å². The lowest BCUT2D eigenvalue weighted by Crippen LogP contribution is -2.21. The maximum Gasteiger partial charge on any atom is 0.247 e. The van der Waals surface area contributed by atoms with Gasteiger partial charge in [-0.25, -0.2) is 13.2 Å². The number of hydrazone groups is 1. The van der Waals surface area contributed by atoms with E-state index < -0.39 is 10.0 Å². The van der Waals surface area contributed by atoms with E-state index in [1.807, 2.05) is 30.5 Å². The molecule has 0 saturated heterocycles. The first-order chi connectivity index (χ1) is 12.1. The van der Waals surface area contributed by atoms with Crippen molar-refractivity contribution < 1.29 is 8.42 Å². The molecule has 0 amide bonds. The molecule has 0 saturated carbocycles. The molecule has 0 fully saturated rings. The standard InChI is InChI=1S/C19H29N3O2S/c1-2-3-4-5-6-7-8-11-14-25(23,24)22-21-16-17-15-20-19-13-10-9-12-18(17)19/h9-10,12-13,15-16,20,22H,2-8,11,14H2,1H3/b21-16-. The third kappa shape index (κ3) is 6.90. The van der Waals surface area contributed by atoms with Crippen molar-refractivity contribution in [2.75, 3.05) is 5.75 Å². The maximum absolute atomic E-state index is 12.0. The fourth-order valence-corrected chi connectivity index (χ4v) is 3.74. The summed E-state index contributed by atoms with van der Waals surface area (Å²) in [5.74, 6) is 0.132.